The van der Waals surface area contributed by atoms with Crippen LogP contribution in [0.4, 0.5) is 4.79 Å². The fourth-order valence-electron chi connectivity index (χ4n) is 2.44. The summed E-state index contributed by atoms with van der Waals surface area (Å²) in [7, 11) is -2.51. The molecule has 0 saturated heterocycles. The van der Waals surface area contributed by atoms with Gasteiger partial charge in [0.05, 0.1) is 10.0 Å². The summed E-state index contributed by atoms with van der Waals surface area (Å²) >= 11 is 11.8. The average Bonchev–Trinajstić information content (AvgIpc) is 2.52. The molecular formula is C17H24Cl2N2O5S. The Balaban J connectivity index is 2.81. The molecule has 0 atom stereocenters. The normalized spacial score (nSPS) is 12.3. The molecular weight excluding hydrogens is 415 g/mol. The van der Waals surface area contributed by atoms with Crippen LogP contribution in [0, 0.1) is 0 Å². The molecule has 0 spiro atoms. The van der Waals surface area contributed by atoms with Gasteiger partial charge in [-0.05, 0) is 45.7 Å². The lowest BCUT2D eigenvalue weighted by molar-refractivity contribution is 0.0988. The summed E-state index contributed by atoms with van der Waals surface area (Å²) in [5.74, 6) is 0. The number of sulfonamides is 1. The standard InChI is InChI=1S/C17H24Cl2N2O5S/c1-17(2,3)21(16(23)24)8-6-5-7-20(4)27(25,26)15-9-12(11-22)13(18)10-14(15)19/h9-11H,5-8H2,1-4H3,(H,23,24). The van der Waals surface area contributed by atoms with Gasteiger partial charge in [-0.1, -0.05) is 23.2 Å². The summed E-state index contributed by atoms with van der Waals surface area (Å²) in [5.41, 5.74) is -0.499. The molecule has 7 nitrogen and oxygen atoms in total. The highest BCUT2D eigenvalue weighted by Gasteiger charge is 2.27. The number of carbonyl (C=O) groups excluding carboxylic acids is 1. The van der Waals surface area contributed by atoms with Crippen LogP contribution in [0.25, 0.3) is 0 Å². The van der Waals surface area contributed by atoms with Crippen molar-refractivity contribution in [2.75, 3.05) is 20.1 Å². The zero-order valence-electron chi connectivity index (χ0n) is 15.7. The number of amides is 1. The van der Waals surface area contributed by atoms with Crippen molar-refractivity contribution in [3.63, 3.8) is 0 Å². The number of benzene rings is 1. The van der Waals surface area contributed by atoms with Crippen LogP contribution >= 0.6 is 23.2 Å². The Bertz CT molecular complexity index is 806. The summed E-state index contributed by atoms with van der Waals surface area (Å²) < 4.78 is 26.5. The second kappa shape index (κ2) is 9.23. The number of carbonyl (C=O) groups is 2. The van der Waals surface area contributed by atoms with Gasteiger partial charge in [-0.3, -0.25) is 4.79 Å². The number of aldehydes is 1. The molecule has 0 aliphatic carbocycles. The largest absolute Gasteiger partial charge is 0.465 e. The van der Waals surface area contributed by atoms with Gasteiger partial charge >= 0.3 is 6.09 Å². The van der Waals surface area contributed by atoms with Gasteiger partial charge < -0.3 is 10.0 Å². The maximum Gasteiger partial charge on any atom is 0.407 e. The molecule has 0 aromatic heterocycles. The van der Waals surface area contributed by atoms with Crippen molar-refractivity contribution in [2.24, 2.45) is 0 Å². The molecule has 10 heteroatoms. The number of carboxylic acid groups (broad SMARTS) is 1. The van der Waals surface area contributed by atoms with Gasteiger partial charge in [-0.2, -0.15) is 0 Å². The topological polar surface area (TPSA) is 95.0 Å². The highest BCUT2D eigenvalue weighted by molar-refractivity contribution is 7.89. The van der Waals surface area contributed by atoms with Gasteiger partial charge in [-0.25, -0.2) is 17.5 Å². The van der Waals surface area contributed by atoms with Crippen molar-refractivity contribution in [1.29, 1.82) is 0 Å². The lowest BCUT2D eigenvalue weighted by Crippen LogP contribution is -2.45. The lowest BCUT2D eigenvalue weighted by Gasteiger charge is -2.33. The number of hydrogen-bond donors (Lipinski definition) is 1. The molecule has 1 rings (SSSR count). The van der Waals surface area contributed by atoms with Gasteiger partial charge in [0, 0.05) is 31.2 Å². The molecule has 0 aliphatic heterocycles. The number of rotatable bonds is 8. The fourth-order valence-corrected chi connectivity index (χ4v) is 4.45. The van der Waals surface area contributed by atoms with E-state index in [0.29, 0.717) is 25.7 Å². The second-order valence-corrected chi connectivity index (χ2v) is 9.89. The number of halogens is 2. The van der Waals surface area contributed by atoms with Crippen molar-refractivity contribution >= 4 is 45.6 Å². The fraction of sp³-hybridized carbons (Fsp3) is 0.529. The monoisotopic (exact) mass is 438 g/mol. The summed E-state index contributed by atoms with van der Waals surface area (Å²) in [6.07, 6.45) is 0.404. The summed E-state index contributed by atoms with van der Waals surface area (Å²) in [6.45, 7) is 5.86. The van der Waals surface area contributed by atoms with E-state index in [2.05, 4.69) is 0 Å². The van der Waals surface area contributed by atoms with Gasteiger partial charge in [0.25, 0.3) is 0 Å². The lowest BCUT2D eigenvalue weighted by atomic mass is 10.1. The molecule has 0 fully saturated rings. The summed E-state index contributed by atoms with van der Waals surface area (Å²) in [4.78, 5) is 23.4. The van der Waals surface area contributed by atoms with Crippen molar-refractivity contribution in [2.45, 2.75) is 44.0 Å². The smallest absolute Gasteiger partial charge is 0.407 e. The molecule has 1 N–H and O–H groups in total. The van der Waals surface area contributed by atoms with Crippen LogP contribution < -0.4 is 0 Å². The zero-order valence-corrected chi connectivity index (χ0v) is 18.0. The first kappa shape index (κ1) is 23.7. The molecule has 152 valence electrons. The Morgan fingerprint density at radius 2 is 1.70 bits per heavy atom. The Kier molecular flexibility index (Phi) is 8.10. The molecule has 0 heterocycles. The minimum absolute atomic E-state index is 0.0373. The van der Waals surface area contributed by atoms with Crippen LogP contribution in [0.3, 0.4) is 0 Å². The Morgan fingerprint density at radius 3 is 2.19 bits per heavy atom. The first-order chi connectivity index (χ1) is 12.3. The second-order valence-electron chi connectivity index (χ2n) is 7.06. The highest BCUT2D eigenvalue weighted by Crippen LogP contribution is 2.29. The van der Waals surface area contributed by atoms with Gasteiger partial charge in [-0.15, -0.1) is 0 Å². The van der Waals surface area contributed by atoms with E-state index in [9.17, 15) is 23.1 Å². The molecule has 0 saturated carbocycles. The van der Waals surface area contributed by atoms with E-state index in [1.54, 1.807) is 20.8 Å². The molecule has 1 aromatic carbocycles. The van der Waals surface area contributed by atoms with E-state index in [0.717, 1.165) is 10.4 Å². The summed E-state index contributed by atoms with van der Waals surface area (Å²) in [5, 5.41) is 9.27. The van der Waals surface area contributed by atoms with Crippen molar-refractivity contribution in [3.05, 3.63) is 27.7 Å². The average molecular weight is 439 g/mol. The SMILES string of the molecule is CN(CCCCN(C(=O)O)C(C)(C)C)S(=O)(=O)c1cc(C=O)c(Cl)cc1Cl. The Hall–Kier alpha value is -1.35. The molecule has 0 unspecified atom stereocenters. The third-order valence-corrected chi connectivity index (χ3v) is 6.66. The van der Waals surface area contributed by atoms with Crippen LogP contribution in [-0.2, 0) is 10.0 Å². The van der Waals surface area contributed by atoms with Gasteiger partial charge in [0.15, 0.2) is 6.29 Å². The maximum absolute atomic E-state index is 12.7. The first-order valence-electron chi connectivity index (χ1n) is 8.23. The van der Waals surface area contributed by atoms with Gasteiger partial charge in [0.2, 0.25) is 10.0 Å². The molecule has 0 radical (unpaired) electrons. The Labute approximate surface area is 169 Å². The van der Waals surface area contributed by atoms with E-state index in [1.807, 2.05) is 0 Å². The van der Waals surface area contributed by atoms with E-state index in [4.69, 9.17) is 23.2 Å². The Morgan fingerprint density at radius 1 is 1.15 bits per heavy atom. The molecule has 1 aromatic rings. The third-order valence-electron chi connectivity index (χ3n) is 4.01. The minimum Gasteiger partial charge on any atom is -0.465 e. The minimum atomic E-state index is -3.91. The van der Waals surface area contributed by atoms with Crippen LogP contribution in [0.2, 0.25) is 10.0 Å². The first-order valence-corrected chi connectivity index (χ1v) is 10.4. The van der Waals surface area contributed by atoms with Crippen LogP contribution in [-0.4, -0.2) is 60.8 Å². The quantitative estimate of drug-likeness (QED) is 0.488. The van der Waals surface area contributed by atoms with Crippen LogP contribution in [0.5, 0.6) is 0 Å². The van der Waals surface area contributed by atoms with E-state index >= 15 is 0 Å². The maximum atomic E-state index is 12.7. The molecule has 0 aliphatic rings. The van der Waals surface area contributed by atoms with E-state index < -0.39 is 21.7 Å². The number of unbranched alkanes of at least 4 members (excludes halogenated alkanes) is 1. The zero-order chi connectivity index (χ0) is 21.0. The van der Waals surface area contributed by atoms with E-state index in [-0.39, 0.29) is 27.0 Å². The van der Waals surface area contributed by atoms with Gasteiger partial charge in [0.1, 0.15) is 4.90 Å². The van der Waals surface area contributed by atoms with Crippen LogP contribution in [0.15, 0.2) is 17.0 Å². The van der Waals surface area contributed by atoms with Crippen LogP contribution in [0.1, 0.15) is 44.0 Å². The molecule has 1 amide bonds. The van der Waals surface area contributed by atoms with Crippen molar-refractivity contribution in [1.82, 2.24) is 9.21 Å². The molecule has 0 bridgehead atoms. The van der Waals surface area contributed by atoms with E-state index in [1.165, 1.54) is 18.0 Å². The van der Waals surface area contributed by atoms with Crippen molar-refractivity contribution in [3.8, 4) is 0 Å². The van der Waals surface area contributed by atoms with Crippen molar-refractivity contribution < 1.29 is 23.1 Å². The predicted octanol–water partition coefficient (Wildman–Crippen LogP) is 3.99. The number of nitrogens with zero attached hydrogens (tertiary/aromatic N) is 2. The third kappa shape index (κ3) is 6.07. The predicted molar refractivity (Wildman–Crippen MR) is 105 cm³/mol. The number of hydrogen-bond acceptors (Lipinski definition) is 4. The summed E-state index contributed by atoms with van der Waals surface area (Å²) in [6, 6.07) is 2.37. The highest BCUT2D eigenvalue weighted by atomic mass is 35.5. The molecule has 27 heavy (non-hydrogen) atoms.